The molecule has 0 saturated carbocycles. The van der Waals surface area contributed by atoms with E-state index in [1.807, 2.05) is 24.4 Å². The Labute approximate surface area is 98.8 Å². The van der Waals surface area contributed by atoms with Crippen molar-refractivity contribution in [3.05, 3.63) is 40.1 Å². The second-order valence-electron chi connectivity index (χ2n) is 3.17. The fraction of sp³-hybridized carbons (Fsp3) is 0. The highest BCUT2D eigenvalue weighted by molar-refractivity contribution is 9.10. The molecule has 0 radical (unpaired) electrons. The van der Waals surface area contributed by atoms with Gasteiger partial charge in [0.1, 0.15) is 0 Å². The lowest BCUT2D eigenvalue weighted by atomic mass is 10.2. The Morgan fingerprint density at radius 2 is 2.20 bits per heavy atom. The van der Waals surface area contributed by atoms with Crippen LogP contribution in [0.3, 0.4) is 0 Å². The normalized spacial score (nSPS) is 11.3. The molecule has 0 bridgehead atoms. The van der Waals surface area contributed by atoms with E-state index in [-0.39, 0.29) is 0 Å². The first kappa shape index (κ1) is 9.12. The molecule has 0 aliphatic heterocycles. The molecule has 15 heavy (non-hydrogen) atoms. The number of halogens is 2. The van der Waals surface area contributed by atoms with Crippen molar-refractivity contribution >= 4 is 44.1 Å². The number of nitrogens with zero attached hydrogens (tertiary/aromatic N) is 3. The average molecular weight is 283 g/mol. The van der Waals surface area contributed by atoms with Crippen LogP contribution in [-0.2, 0) is 0 Å². The highest BCUT2D eigenvalue weighted by Gasteiger charge is 2.08. The highest BCUT2D eigenvalue weighted by Crippen LogP contribution is 2.26. The van der Waals surface area contributed by atoms with Gasteiger partial charge in [-0.3, -0.25) is 0 Å². The summed E-state index contributed by atoms with van der Waals surface area (Å²) in [6.45, 7) is 0. The molecule has 0 spiro atoms. The van der Waals surface area contributed by atoms with E-state index in [1.165, 1.54) is 0 Å². The third-order valence-corrected chi connectivity index (χ3v) is 2.93. The summed E-state index contributed by atoms with van der Waals surface area (Å²) in [4.78, 5) is 4.30. The fourth-order valence-electron chi connectivity index (χ4n) is 1.58. The molecule has 0 aliphatic rings. The first-order valence-electron chi connectivity index (χ1n) is 4.34. The molecule has 0 N–H and O–H groups in total. The van der Waals surface area contributed by atoms with Gasteiger partial charge in [0.05, 0.1) is 20.4 Å². The van der Waals surface area contributed by atoms with Crippen molar-refractivity contribution in [2.45, 2.75) is 0 Å². The summed E-state index contributed by atoms with van der Waals surface area (Å²) in [6, 6.07) is 5.64. The van der Waals surface area contributed by atoms with E-state index in [4.69, 9.17) is 11.6 Å². The third kappa shape index (κ3) is 1.33. The Morgan fingerprint density at radius 1 is 1.33 bits per heavy atom. The Bertz CT molecular complexity index is 662. The predicted molar refractivity (Wildman–Crippen MR) is 63.2 cm³/mol. The molecule has 0 unspecified atom stereocenters. The van der Waals surface area contributed by atoms with Crippen molar-refractivity contribution in [3.8, 4) is 0 Å². The number of benzene rings is 1. The van der Waals surface area contributed by atoms with Crippen LogP contribution >= 0.6 is 27.5 Å². The van der Waals surface area contributed by atoms with E-state index < -0.39 is 0 Å². The van der Waals surface area contributed by atoms with Crippen LogP contribution in [0.1, 0.15) is 0 Å². The van der Waals surface area contributed by atoms with Crippen molar-refractivity contribution in [1.82, 2.24) is 14.6 Å². The maximum atomic E-state index is 6.11. The second kappa shape index (κ2) is 3.18. The molecule has 0 saturated heterocycles. The van der Waals surface area contributed by atoms with Crippen molar-refractivity contribution in [3.63, 3.8) is 0 Å². The average Bonchev–Trinajstić information content (AvgIpc) is 2.56. The summed E-state index contributed by atoms with van der Waals surface area (Å²) in [5.41, 5.74) is 1.63. The molecule has 3 aromatic rings. The summed E-state index contributed by atoms with van der Waals surface area (Å²) in [5, 5.41) is 5.95. The summed E-state index contributed by atoms with van der Waals surface area (Å²) >= 11 is 9.46. The maximum Gasteiger partial charge on any atom is 0.164 e. The van der Waals surface area contributed by atoms with Gasteiger partial charge in [-0.25, -0.2) is 9.50 Å². The molecule has 0 amide bonds. The van der Waals surface area contributed by atoms with E-state index in [1.54, 1.807) is 10.7 Å². The van der Waals surface area contributed by atoms with Gasteiger partial charge in [0, 0.05) is 12.4 Å². The lowest BCUT2D eigenvalue weighted by Crippen LogP contribution is -1.88. The number of rotatable bonds is 0. The van der Waals surface area contributed by atoms with Gasteiger partial charge in [0.15, 0.2) is 5.65 Å². The zero-order chi connectivity index (χ0) is 10.4. The lowest BCUT2D eigenvalue weighted by molar-refractivity contribution is 0.950. The standard InChI is InChI=1S/C10H5BrClN3/c11-6-4-13-10-9-7(12)2-1-3-8(9)14-15(10)5-6/h1-5H. The van der Waals surface area contributed by atoms with Crippen LogP contribution in [0.5, 0.6) is 0 Å². The number of hydrogen-bond donors (Lipinski definition) is 0. The van der Waals surface area contributed by atoms with Gasteiger partial charge in [-0.2, -0.15) is 5.10 Å². The van der Waals surface area contributed by atoms with Gasteiger partial charge in [-0.1, -0.05) is 17.7 Å². The van der Waals surface area contributed by atoms with Crippen LogP contribution in [0.15, 0.2) is 35.1 Å². The molecule has 0 fully saturated rings. The zero-order valence-corrected chi connectivity index (χ0v) is 9.83. The molecule has 2 heterocycles. The summed E-state index contributed by atoms with van der Waals surface area (Å²) in [5.74, 6) is 0. The summed E-state index contributed by atoms with van der Waals surface area (Å²) in [6.07, 6.45) is 3.60. The Hall–Kier alpha value is -1.13. The molecule has 2 aromatic heterocycles. The number of hydrogen-bond acceptors (Lipinski definition) is 2. The molecule has 0 atom stereocenters. The number of aromatic nitrogens is 3. The Balaban J connectivity index is 2.59. The van der Waals surface area contributed by atoms with Gasteiger partial charge in [0.2, 0.25) is 0 Å². The van der Waals surface area contributed by atoms with Gasteiger partial charge >= 0.3 is 0 Å². The molecular weight excluding hydrogens is 277 g/mol. The Morgan fingerprint density at radius 3 is 3.07 bits per heavy atom. The molecule has 0 aliphatic carbocycles. The van der Waals surface area contributed by atoms with Crippen LogP contribution < -0.4 is 0 Å². The number of fused-ring (bicyclic) bond motifs is 3. The quantitative estimate of drug-likeness (QED) is 0.633. The van der Waals surface area contributed by atoms with E-state index in [2.05, 4.69) is 26.0 Å². The topological polar surface area (TPSA) is 30.2 Å². The van der Waals surface area contributed by atoms with Crippen molar-refractivity contribution in [1.29, 1.82) is 0 Å². The SMILES string of the molecule is Clc1cccc2nn3cc(Br)cnc3c12. The van der Waals surface area contributed by atoms with Gasteiger partial charge in [0.25, 0.3) is 0 Å². The van der Waals surface area contributed by atoms with Crippen molar-refractivity contribution < 1.29 is 0 Å². The van der Waals surface area contributed by atoms with Crippen molar-refractivity contribution in [2.24, 2.45) is 0 Å². The summed E-state index contributed by atoms with van der Waals surface area (Å²) in [7, 11) is 0. The Kier molecular flexibility index (Phi) is 1.94. The van der Waals surface area contributed by atoms with Gasteiger partial charge in [-0.05, 0) is 28.1 Å². The van der Waals surface area contributed by atoms with Crippen LogP contribution in [-0.4, -0.2) is 14.6 Å². The molecule has 3 nitrogen and oxygen atoms in total. The first-order chi connectivity index (χ1) is 7.25. The van der Waals surface area contributed by atoms with Crippen LogP contribution in [0.4, 0.5) is 0 Å². The highest BCUT2D eigenvalue weighted by atomic mass is 79.9. The van der Waals surface area contributed by atoms with E-state index >= 15 is 0 Å². The molecule has 74 valence electrons. The largest absolute Gasteiger partial charge is 0.235 e. The second-order valence-corrected chi connectivity index (χ2v) is 4.50. The minimum Gasteiger partial charge on any atom is -0.235 e. The van der Waals surface area contributed by atoms with Crippen LogP contribution in [0, 0.1) is 0 Å². The predicted octanol–water partition coefficient (Wildman–Crippen LogP) is 3.30. The van der Waals surface area contributed by atoms with Gasteiger partial charge in [-0.15, -0.1) is 0 Å². The smallest absolute Gasteiger partial charge is 0.164 e. The molecule has 1 aromatic carbocycles. The fourth-order valence-corrected chi connectivity index (χ4v) is 2.13. The van der Waals surface area contributed by atoms with E-state index in [9.17, 15) is 0 Å². The third-order valence-electron chi connectivity index (χ3n) is 2.20. The van der Waals surface area contributed by atoms with Crippen molar-refractivity contribution in [2.75, 3.05) is 0 Å². The van der Waals surface area contributed by atoms with Gasteiger partial charge < -0.3 is 0 Å². The lowest BCUT2D eigenvalue weighted by Gasteiger charge is -1.93. The van der Waals surface area contributed by atoms with E-state index in [0.717, 1.165) is 21.0 Å². The minimum absolute atomic E-state index is 0.678. The molecular formula is C10H5BrClN3. The molecule has 5 heteroatoms. The van der Waals surface area contributed by atoms with Crippen LogP contribution in [0.25, 0.3) is 16.6 Å². The van der Waals surface area contributed by atoms with Crippen LogP contribution in [0.2, 0.25) is 5.02 Å². The zero-order valence-electron chi connectivity index (χ0n) is 7.48. The minimum atomic E-state index is 0.678. The summed E-state index contributed by atoms with van der Waals surface area (Å²) < 4.78 is 2.61. The monoisotopic (exact) mass is 281 g/mol. The van der Waals surface area contributed by atoms with E-state index in [0.29, 0.717) is 5.02 Å². The first-order valence-corrected chi connectivity index (χ1v) is 5.51. The molecule has 3 rings (SSSR count). The maximum absolute atomic E-state index is 6.11.